The second-order valence-electron chi connectivity index (χ2n) is 4.30. The molecule has 0 fully saturated rings. The van der Waals surface area contributed by atoms with Crippen LogP contribution in [0.3, 0.4) is 0 Å². The number of benzene rings is 1. The molecule has 0 unspecified atom stereocenters. The Hall–Kier alpha value is -2.17. The summed E-state index contributed by atoms with van der Waals surface area (Å²) < 4.78 is 4.99. The first-order chi connectivity index (χ1) is 8.95. The van der Waals surface area contributed by atoms with Gasteiger partial charge in [0.1, 0.15) is 0 Å². The maximum Gasteiger partial charge on any atom is 0.334 e. The Morgan fingerprint density at radius 3 is 2.26 bits per heavy atom. The first-order valence-electron chi connectivity index (χ1n) is 6.02. The van der Waals surface area contributed by atoms with Crippen molar-refractivity contribution < 1.29 is 14.5 Å². The van der Waals surface area contributed by atoms with E-state index >= 15 is 0 Å². The predicted molar refractivity (Wildman–Crippen MR) is 71.8 cm³/mol. The third-order valence-corrected chi connectivity index (χ3v) is 2.65. The minimum absolute atomic E-state index is 0.0404. The van der Waals surface area contributed by atoms with E-state index in [1.54, 1.807) is 19.1 Å². The number of allylic oxidation sites excluding steroid dienone is 1. The lowest BCUT2D eigenvalue weighted by atomic mass is 10.0. The lowest BCUT2D eigenvalue weighted by molar-refractivity contribution is -0.384. The second kappa shape index (κ2) is 6.68. The second-order valence-corrected chi connectivity index (χ2v) is 4.30. The van der Waals surface area contributed by atoms with E-state index in [1.165, 1.54) is 12.1 Å². The van der Waals surface area contributed by atoms with Crippen LogP contribution in [0.25, 0.3) is 0 Å². The quantitative estimate of drug-likeness (QED) is 0.354. The molecule has 0 N–H and O–H groups in total. The third kappa shape index (κ3) is 4.21. The summed E-state index contributed by atoms with van der Waals surface area (Å²) >= 11 is 0. The molecule has 5 nitrogen and oxygen atoms in total. The van der Waals surface area contributed by atoms with Crippen LogP contribution in [0.15, 0.2) is 35.4 Å². The number of esters is 1. The lowest BCUT2D eigenvalue weighted by Crippen LogP contribution is -2.11. The largest absolute Gasteiger partial charge is 0.463 e. The average molecular weight is 263 g/mol. The Kier molecular flexibility index (Phi) is 5.23. The highest BCUT2D eigenvalue weighted by atomic mass is 16.6. The van der Waals surface area contributed by atoms with Gasteiger partial charge in [0.05, 0.1) is 11.5 Å². The van der Waals surface area contributed by atoms with Crippen molar-refractivity contribution in [1.82, 2.24) is 0 Å². The van der Waals surface area contributed by atoms with Crippen LogP contribution in [-0.2, 0) is 16.0 Å². The number of nitro benzene ring substituents is 1. The van der Waals surface area contributed by atoms with Gasteiger partial charge in [-0.1, -0.05) is 17.7 Å². The van der Waals surface area contributed by atoms with Gasteiger partial charge in [0.15, 0.2) is 0 Å². The highest BCUT2D eigenvalue weighted by molar-refractivity contribution is 5.89. The molecule has 0 aromatic heterocycles. The number of nitrogens with zero attached hydrogens (tertiary/aromatic N) is 1. The van der Waals surface area contributed by atoms with Crippen LogP contribution in [0.4, 0.5) is 5.69 Å². The summed E-state index contributed by atoms with van der Waals surface area (Å²) in [6.07, 6.45) is 0.416. The molecule has 0 spiro atoms. The van der Waals surface area contributed by atoms with Crippen molar-refractivity contribution in [3.63, 3.8) is 0 Å². The van der Waals surface area contributed by atoms with Gasteiger partial charge in [-0.05, 0) is 26.3 Å². The van der Waals surface area contributed by atoms with Crippen LogP contribution in [-0.4, -0.2) is 17.5 Å². The SMILES string of the molecule is CCOC(=O)C(Cc1ccc([N+](=O)[O-])cc1)=C(C)C. The molecule has 0 atom stereocenters. The standard InChI is InChI=1S/C14H17NO4/c1-4-19-14(16)13(10(2)3)9-11-5-7-12(8-6-11)15(17)18/h5-8H,4,9H2,1-3H3. The molecular weight excluding hydrogens is 246 g/mol. The number of carbonyl (C=O) groups excluding carboxylic acids is 1. The topological polar surface area (TPSA) is 69.4 Å². The molecule has 0 radical (unpaired) electrons. The van der Waals surface area contributed by atoms with E-state index in [4.69, 9.17) is 4.74 Å². The van der Waals surface area contributed by atoms with Gasteiger partial charge in [-0.25, -0.2) is 4.79 Å². The first kappa shape index (κ1) is 14.9. The fourth-order valence-corrected chi connectivity index (χ4v) is 1.61. The van der Waals surface area contributed by atoms with Gasteiger partial charge in [0, 0.05) is 24.1 Å². The Morgan fingerprint density at radius 1 is 1.26 bits per heavy atom. The van der Waals surface area contributed by atoms with Gasteiger partial charge in [0.25, 0.3) is 5.69 Å². The van der Waals surface area contributed by atoms with E-state index in [0.717, 1.165) is 11.1 Å². The van der Waals surface area contributed by atoms with E-state index in [9.17, 15) is 14.9 Å². The number of carbonyl (C=O) groups is 1. The van der Waals surface area contributed by atoms with Crippen LogP contribution in [0.1, 0.15) is 26.3 Å². The molecule has 0 saturated carbocycles. The van der Waals surface area contributed by atoms with Crippen LogP contribution >= 0.6 is 0 Å². The summed E-state index contributed by atoms with van der Waals surface area (Å²) in [5, 5.41) is 10.6. The summed E-state index contributed by atoms with van der Waals surface area (Å²) in [5.74, 6) is -0.333. The fraction of sp³-hybridized carbons (Fsp3) is 0.357. The van der Waals surface area contributed by atoms with E-state index in [2.05, 4.69) is 0 Å². The maximum atomic E-state index is 11.8. The van der Waals surface area contributed by atoms with Crippen LogP contribution in [0, 0.1) is 10.1 Å². The van der Waals surface area contributed by atoms with Gasteiger partial charge in [0.2, 0.25) is 0 Å². The molecule has 0 heterocycles. The smallest absolute Gasteiger partial charge is 0.334 e. The van der Waals surface area contributed by atoms with E-state index in [-0.39, 0.29) is 11.7 Å². The van der Waals surface area contributed by atoms with Crippen molar-refractivity contribution in [3.8, 4) is 0 Å². The molecule has 1 aromatic rings. The van der Waals surface area contributed by atoms with Crippen molar-refractivity contribution in [1.29, 1.82) is 0 Å². The molecule has 0 aliphatic carbocycles. The fourth-order valence-electron chi connectivity index (χ4n) is 1.61. The first-order valence-corrected chi connectivity index (χ1v) is 6.02. The van der Waals surface area contributed by atoms with Crippen LogP contribution < -0.4 is 0 Å². The van der Waals surface area contributed by atoms with Gasteiger partial charge in [-0.2, -0.15) is 0 Å². The normalized spacial score (nSPS) is 9.84. The Balaban J connectivity index is 2.89. The Bertz CT molecular complexity index is 499. The zero-order chi connectivity index (χ0) is 14.4. The summed E-state index contributed by atoms with van der Waals surface area (Å²) in [7, 11) is 0. The molecule has 102 valence electrons. The molecule has 0 aliphatic heterocycles. The van der Waals surface area contributed by atoms with Crippen molar-refractivity contribution in [2.45, 2.75) is 27.2 Å². The average Bonchev–Trinajstić information content (AvgIpc) is 2.36. The summed E-state index contributed by atoms with van der Waals surface area (Å²) in [6, 6.07) is 6.17. The zero-order valence-corrected chi connectivity index (χ0v) is 11.3. The molecule has 1 aromatic carbocycles. The van der Waals surface area contributed by atoms with Crippen molar-refractivity contribution >= 4 is 11.7 Å². The molecule has 0 saturated heterocycles. The lowest BCUT2D eigenvalue weighted by Gasteiger charge is -2.09. The Labute approximate surface area is 112 Å². The molecule has 0 amide bonds. The minimum Gasteiger partial charge on any atom is -0.463 e. The molecule has 19 heavy (non-hydrogen) atoms. The van der Waals surface area contributed by atoms with Crippen molar-refractivity contribution in [2.24, 2.45) is 0 Å². The summed E-state index contributed by atoms with van der Waals surface area (Å²) in [5.41, 5.74) is 2.36. The van der Waals surface area contributed by atoms with E-state index in [1.807, 2.05) is 13.8 Å². The molecule has 0 aliphatic rings. The van der Waals surface area contributed by atoms with E-state index < -0.39 is 4.92 Å². The molecule has 1 rings (SSSR count). The van der Waals surface area contributed by atoms with Crippen molar-refractivity contribution in [3.05, 3.63) is 51.1 Å². The Morgan fingerprint density at radius 2 is 1.84 bits per heavy atom. The third-order valence-electron chi connectivity index (χ3n) is 2.65. The zero-order valence-electron chi connectivity index (χ0n) is 11.3. The van der Waals surface area contributed by atoms with Crippen molar-refractivity contribution in [2.75, 3.05) is 6.61 Å². The van der Waals surface area contributed by atoms with Gasteiger partial charge < -0.3 is 4.74 Å². The van der Waals surface area contributed by atoms with Crippen LogP contribution in [0.5, 0.6) is 0 Å². The summed E-state index contributed by atoms with van der Waals surface area (Å²) in [4.78, 5) is 21.9. The number of rotatable bonds is 5. The van der Waals surface area contributed by atoms with Crippen LogP contribution in [0.2, 0.25) is 0 Å². The number of nitro groups is 1. The van der Waals surface area contributed by atoms with Gasteiger partial charge >= 0.3 is 5.97 Å². The van der Waals surface area contributed by atoms with Gasteiger partial charge in [-0.15, -0.1) is 0 Å². The van der Waals surface area contributed by atoms with Gasteiger partial charge in [-0.3, -0.25) is 10.1 Å². The number of hydrogen-bond acceptors (Lipinski definition) is 4. The maximum absolute atomic E-state index is 11.8. The number of hydrogen-bond donors (Lipinski definition) is 0. The predicted octanol–water partition coefficient (Wildman–Crippen LogP) is 3.04. The molecular formula is C14H17NO4. The number of non-ortho nitro benzene ring substituents is 1. The molecule has 5 heteroatoms. The minimum atomic E-state index is -0.447. The highest BCUT2D eigenvalue weighted by Gasteiger charge is 2.13. The molecule has 0 bridgehead atoms. The monoisotopic (exact) mass is 263 g/mol. The number of ether oxygens (including phenoxy) is 1. The highest BCUT2D eigenvalue weighted by Crippen LogP contribution is 2.17. The summed E-state index contributed by atoms with van der Waals surface area (Å²) in [6.45, 7) is 5.78. The van der Waals surface area contributed by atoms with E-state index in [0.29, 0.717) is 18.6 Å².